The van der Waals surface area contributed by atoms with E-state index in [1.165, 1.54) is 0 Å². The lowest BCUT2D eigenvalue weighted by atomic mass is 9.95. The van der Waals surface area contributed by atoms with Crippen LogP contribution < -0.4 is 0 Å². The van der Waals surface area contributed by atoms with Crippen LogP contribution in [0.4, 0.5) is 13.2 Å². The van der Waals surface area contributed by atoms with Crippen molar-refractivity contribution < 1.29 is 26.4 Å². The molecule has 2 aromatic carbocycles. The van der Waals surface area contributed by atoms with Crippen LogP contribution >= 0.6 is 0 Å². The van der Waals surface area contributed by atoms with Gasteiger partial charge in [0.2, 0.25) is 15.9 Å². The summed E-state index contributed by atoms with van der Waals surface area (Å²) in [4.78, 5) is 14.9. The average molecular weight is 548 g/mol. The van der Waals surface area contributed by atoms with Crippen molar-refractivity contribution in [2.75, 3.05) is 13.1 Å². The average Bonchev–Trinajstić information content (AvgIpc) is 3.35. The molecular weight excluding hydrogens is 515 g/mol. The van der Waals surface area contributed by atoms with E-state index in [9.17, 15) is 26.4 Å². The Morgan fingerprint density at radius 1 is 1.00 bits per heavy atom. The van der Waals surface area contributed by atoms with Gasteiger partial charge < -0.3 is 9.47 Å². The Labute approximate surface area is 221 Å². The minimum absolute atomic E-state index is 0.345. The lowest BCUT2D eigenvalue weighted by Crippen LogP contribution is -2.49. The van der Waals surface area contributed by atoms with Gasteiger partial charge in [-0.1, -0.05) is 44.2 Å². The number of sulfonamides is 1. The smallest absolute Gasteiger partial charge is 0.348 e. The molecule has 0 N–H and O–H groups in total. The van der Waals surface area contributed by atoms with Gasteiger partial charge in [0.1, 0.15) is 0 Å². The minimum atomic E-state index is -4.69. The standard InChI is InChI=1S/C28H32F3N3O3S/c1-19(2)21-10-12-22(13-11-21)27-25-9-6-14-32(25)15-16-33(27)26(35)18-34(20(3)4)38(36,37)24-8-5-7-23(17-24)28(29,30)31/h5-14,17,19-20,27H,15-16,18H2,1-4H3/t27-/m0/s1. The Morgan fingerprint density at radius 3 is 2.29 bits per heavy atom. The second-order valence-corrected chi connectivity index (χ2v) is 12.0. The molecule has 0 spiro atoms. The Kier molecular flexibility index (Phi) is 7.76. The van der Waals surface area contributed by atoms with Gasteiger partial charge in [-0.25, -0.2) is 8.42 Å². The molecule has 0 aliphatic carbocycles. The van der Waals surface area contributed by atoms with Crippen LogP contribution in [0.3, 0.4) is 0 Å². The molecule has 0 bridgehead atoms. The normalized spacial score (nSPS) is 16.4. The number of alkyl halides is 3. The highest BCUT2D eigenvalue weighted by Crippen LogP contribution is 2.34. The number of benzene rings is 2. The van der Waals surface area contributed by atoms with Gasteiger partial charge >= 0.3 is 6.18 Å². The van der Waals surface area contributed by atoms with E-state index in [2.05, 4.69) is 18.4 Å². The molecule has 2 heterocycles. The van der Waals surface area contributed by atoms with Crippen molar-refractivity contribution in [1.82, 2.24) is 13.8 Å². The third-order valence-electron chi connectivity index (χ3n) is 6.91. The van der Waals surface area contributed by atoms with Crippen LogP contribution in [0, 0.1) is 0 Å². The van der Waals surface area contributed by atoms with Crippen molar-refractivity contribution in [3.63, 3.8) is 0 Å². The molecule has 0 saturated carbocycles. The fourth-order valence-electron chi connectivity index (χ4n) is 4.80. The second kappa shape index (κ2) is 10.6. The molecular formula is C28H32F3N3O3S. The lowest BCUT2D eigenvalue weighted by molar-refractivity contribution is -0.138. The summed E-state index contributed by atoms with van der Waals surface area (Å²) in [6, 6.07) is 14.4. The number of carbonyl (C=O) groups excluding carboxylic acids is 1. The van der Waals surface area contributed by atoms with E-state index in [1.54, 1.807) is 18.7 Å². The molecule has 204 valence electrons. The zero-order valence-electron chi connectivity index (χ0n) is 21.8. The zero-order chi connectivity index (χ0) is 27.8. The maximum Gasteiger partial charge on any atom is 0.416 e. The van der Waals surface area contributed by atoms with Crippen molar-refractivity contribution in [3.05, 3.63) is 89.2 Å². The molecule has 1 aromatic heterocycles. The monoisotopic (exact) mass is 547 g/mol. The maximum absolute atomic E-state index is 13.7. The number of hydrogen-bond acceptors (Lipinski definition) is 3. The van der Waals surface area contributed by atoms with Crippen LogP contribution in [0.1, 0.15) is 62.0 Å². The van der Waals surface area contributed by atoms with Crippen LogP contribution in [-0.4, -0.2) is 47.2 Å². The van der Waals surface area contributed by atoms with Crippen LogP contribution in [0.5, 0.6) is 0 Å². The summed E-state index contributed by atoms with van der Waals surface area (Å²) in [5.41, 5.74) is 1.92. The highest BCUT2D eigenvalue weighted by atomic mass is 32.2. The van der Waals surface area contributed by atoms with Crippen molar-refractivity contribution in [3.8, 4) is 0 Å². The molecule has 4 rings (SSSR count). The van der Waals surface area contributed by atoms with E-state index in [4.69, 9.17) is 0 Å². The number of carbonyl (C=O) groups is 1. The minimum Gasteiger partial charge on any atom is -0.348 e. The van der Waals surface area contributed by atoms with Crippen LogP contribution in [0.15, 0.2) is 71.8 Å². The van der Waals surface area contributed by atoms with E-state index in [0.29, 0.717) is 25.1 Å². The van der Waals surface area contributed by atoms with Gasteiger partial charge in [-0.05, 0) is 61.2 Å². The van der Waals surface area contributed by atoms with E-state index in [-0.39, 0.29) is 0 Å². The fourth-order valence-corrected chi connectivity index (χ4v) is 6.44. The molecule has 10 heteroatoms. The molecule has 1 amide bonds. The Balaban J connectivity index is 1.67. The Hall–Kier alpha value is -3.11. The van der Waals surface area contributed by atoms with Gasteiger partial charge in [-0.3, -0.25) is 4.79 Å². The first-order valence-electron chi connectivity index (χ1n) is 12.5. The van der Waals surface area contributed by atoms with Gasteiger partial charge in [0, 0.05) is 31.0 Å². The summed E-state index contributed by atoms with van der Waals surface area (Å²) >= 11 is 0. The van der Waals surface area contributed by atoms with Gasteiger partial charge in [-0.15, -0.1) is 0 Å². The molecule has 3 aromatic rings. The molecule has 1 aliphatic rings. The Bertz CT molecular complexity index is 1400. The highest BCUT2D eigenvalue weighted by Gasteiger charge is 2.37. The number of fused-ring (bicyclic) bond motifs is 1. The van der Waals surface area contributed by atoms with Crippen molar-refractivity contribution >= 4 is 15.9 Å². The van der Waals surface area contributed by atoms with E-state index in [0.717, 1.165) is 39.3 Å². The number of halogens is 3. The SMILES string of the molecule is CC(C)c1ccc([C@H]2c3cccn3CCN2C(=O)CN(C(C)C)S(=O)(=O)c2cccc(C(F)(F)F)c2)cc1. The van der Waals surface area contributed by atoms with Crippen LogP contribution in [-0.2, 0) is 27.5 Å². The van der Waals surface area contributed by atoms with Gasteiger partial charge in [0.05, 0.1) is 23.0 Å². The number of amides is 1. The van der Waals surface area contributed by atoms with Crippen LogP contribution in [0.2, 0.25) is 0 Å². The summed E-state index contributed by atoms with van der Waals surface area (Å²) < 4.78 is 69.8. The van der Waals surface area contributed by atoms with Crippen LogP contribution in [0.25, 0.3) is 0 Å². The third kappa shape index (κ3) is 5.51. The largest absolute Gasteiger partial charge is 0.416 e. The third-order valence-corrected chi connectivity index (χ3v) is 8.93. The summed E-state index contributed by atoms with van der Waals surface area (Å²) in [6.45, 7) is 7.83. The number of aromatic nitrogens is 1. The van der Waals surface area contributed by atoms with Crippen molar-refractivity contribution in [1.29, 1.82) is 0 Å². The highest BCUT2D eigenvalue weighted by molar-refractivity contribution is 7.89. The first-order chi connectivity index (χ1) is 17.8. The molecule has 0 fully saturated rings. The second-order valence-electron chi connectivity index (χ2n) is 10.1. The summed E-state index contributed by atoms with van der Waals surface area (Å²) in [5.74, 6) is -0.0719. The Morgan fingerprint density at radius 2 is 1.68 bits per heavy atom. The first-order valence-corrected chi connectivity index (χ1v) is 14.0. The topological polar surface area (TPSA) is 62.6 Å². The summed E-state index contributed by atoms with van der Waals surface area (Å²) in [6.07, 6.45) is -2.74. The number of nitrogens with zero attached hydrogens (tertiary/aromatic N) is 3. The van der Waals surface area contributed by atoms with Crippen molar-refractivity contribution in [2.45, 2.75) is 63.3 Å². The van der Waals surface area contributed by atoms with Crippen molar-refractivity contribution in [2.24, 2.45) is 0 Å². The van der Waals surface area contributed by atoms with E-state index < -0.39 is 51.2 Å². The van der Waals surface area contributed by atoms with Gasteiger partial charge in [0.15, 0.2) is 0 Å². The number of rotatable bonds is 7. The molecule has 0 radical (unpaired) electrons. The molecule has 6 nitrogen and oxygen atoms in total. The summed E-state index contributed by atoms with van der Waals surface area (Å²) in [5, 5.41) is 0. The van der Waals surface area contributed by atoms with Gasteiger partial charge in [-0.2, -0.15) is 17.5 Å². The quantitative estimate of drug-likeness (QED) is 0.384. The first kappa shape index (κ1) is 27.9. The fraction of sp³-hybridized carbons (Fsp3) is 0.393. The predicted molar refractivity (Wildman–Crippen MR) is 139 cm³/mol. The van der Waals surface area contributed by atoms with E-state index in [1.807, 2.05) is 42.6 Å². The van der Waals surface area contributed by atoms with E-state index >= 15 is 0 Å². The lowest BCUT2D eigenvalue weighted by Gasteiger charge is -2.39. The molecule has 0 saturated heterocycles. The molecule has 1 atom stereocenters. The molecule has 1 aliphatic heterocycles. The molecule has 0 unspecified atom stereocenters. The zero-order valence-corrected chi connectivity index (χ0v) is 22.6. The van der Waals surface area contributed by atoms with Gasteiger partial charge in [0.25, 0.3) is 0 Å². The number of hydrogen-bond donors (Lipinski definition) is 0. The predicted octanol–water partition coefficient (Wildman–Crippen LogP) is 5.66. The summed E-state index contributed by atoms with van der Waals surface area (Å²) in [7, 11) is -4.38. The maximum atomic E-state index is 13.7. The molecule has 38 heavy (non-hydrogen) atoms.